The van der Waals surface area contributed by atoms with E-state index in [4.69, 9.17) is 16.3 Å². The van der Waals surface area contributed by atoms with Crippen molar-refractivity contribution >= 4 is 27.5 Å². The van der Waals surface area contributed by atoms with Crippen LogP contribution in [0.4, 0.5) is 4.39 Å². The number of alkyl halides is 1. The van der Waals surface area contributed by atoms with Gasteiger partial charge < -0.3 is 4.74 Å². The highest BCUT2D eigenvalue weighted by Gasteiger charge is 2.22. The largest absolute Gasteiger partial charge is 0.490 e. The molecule has 2 atom stereocenters. The molecule has 0 aromatic heterocycles. The first-order chi connectivity index (χ1) is 9.56. The minimum atomic E-state index is -0.397. The lowest BCUT2D eigenvalue weighted by molar-refractivity contribution is 0.254. The lowest BCUT2D eigenvalue weighted by Gasteiger charge is -2.14. The van der Waals surface area contributed by atoms with Crippen molar-refractivity contribution in [3.05, 3.63) is 63.9 Å². The van der Waals surface area contributed by atoms with E-state index in [1.54, 1.807) is 6.07 Å². The number of halogens is 3. The fourth-order valence-corrected chi connectivity index (χ4v) is 3.53. The van der Waals surface area contributed by atoms with Crippen LogP contribution >= 0.6 is 27.5 Å². The Morgan fingerprint density at radius 3 is 2.95 bits per heavy atom. The monoisotopic (exact) mass is 354 g/mol. The third kappa shape index (κ3) is 2.45. The lowest BCUT2D eigenvalue weighted by Crippen LogP contribution is -2.05. The molecule has 1 aliphatic heterocycles. The Labute approximate surface area is 130 Å². The number of hydrogen-bond donors (Lipinski definition) is 0. The Morgan fingerprint density at radius 1 is 1.35 bits per heavy atom. The van der Waals surface area contributed by atoms with Crippen molar-refractivity contribution in [3.63, 3.8) is 0 Å². The molecule has 1 nitrogen and oxygen atoms in total. The smallest absolute Gasteiger partial charge is 0.142 e. The molecule has 0 aliphatic carbocycles. The molecule has 0 radical (unpaired) electrons. The molecule has 4 heteroatoms. The molecule has 0 amide bonds. The molecule has 0 bridgehead atoms. The maximum atomic E-state index is 13.6. The molecule has 0 fully saturated rings. The summed E-state index contributed by atoms with van der Waals surface area (Å²) in [6.07, 6.45) is 1.12. The number of rotatable bonds is 2. The maximum Gasteiger partial charge on any atom is 0.142 e. The normalized spacial score (nSPS) is 18.5. The van der Waals surface area contributed by atoms with Crippen LogP contribution < -0.4 is 4.74 Å². The fraction of sp³-hybridized carbons (Fsp3) is 0.250. The van der Waals surface area contributed by atoms with Crippen molar-refractivity contribution in [3.8, 4) is 5.75 Å². The van der Waals surface area contributed by atoms with Crippen LogP contribution in [0.3, 0.4) is 0 Å². The van der Waals surface area contributed by atoms with Crippen LogP contribution in [0.5, 0.6) is 5.75 Å². The van der Waals surface area contributed by atoms with Gasteiger partial charge in [-0.25, -0.2) is 4.39 Å². The van der Waals surface area contributed by atoms with Crippen molar-refractivity contribution in [2.24, 2.45) is 0 Å². The minimum absolute atomic E-state index is 0.132. The van der Waals surface area contributed by atoms with E-state index in [2.05, 4.69) is 28.9 Å². The highest BCUT2D eigenvalue weighted by Crippen LogP contribution is 2.39. The van der Waals surface area contributed by atoms with E-state index >= 15 is 0 Å². The number of hydrogen-bond acceptors (Lipinski definition) is 1. The van der Waals surface area contributed by atoms with Gasteiger partial charge in [0.05, 0.1) is 9.85 Å². The Kier molecular flexibility index (Phi) is 3.74. The van der Waals surface area contributed by atoms with Crippen LogP contribution in [0.1, 0.15) is 28.4 Å². The summed E-state index contributed by atoms with van der Waals surface area (Å²) in [6.45, 7) is 2.05. The summed E-state index contributed by atoms with van der Waals surface area (Å²) in [6, 6.07) is 10.9. The first kappa shape index (κ1) is 13.9. The van der Waals surface area contributed by atoms with Crippen LogP contribution in [0.2, 0.25) is 5.02 Å². The molecule has 3 rings (SSSR count). The van der Waals surface area contributed by atoms with Crippen LogP contribution in [0, 0.1) is 5.82 Å². The summed E-state index contributed by atoms with van der Waals surface area (Å²) in [4.78, 5) is -0.132. The molecule has 2 aromatic rings. The number of ether oxygens (including phenoxy) is 1. The molecule has 2 aromatic carbocycles. The van der Waals surface area contributed by atoms with E-state index in [1.807, 2.05) is 18.2 Å². The van der Waals surface area contributed by atoms with Crippen molar-refractivity contribution in [1.29, 1.82) is 0 Å². The molecule has 2 unspecified atom stereocenters. The zero-order valence-corrected chi connectivity index (χ0v) is 13.2. The molecule has 104 valence electrons. The standard InChI is InChI=1S/C16H13BrClFO/c1-9-7-11-8-10(5-6-14(11)20-9)15(17)12-3-2-4-13(19)16(12)18/h2-6,8-9,15H,7H2,1H3. The summed E-state index contributed by atoms with van der Waals surface area (Å²) in [7, 11) is 0. The second-order valence-electron chi connectivity index (χ2n) is 5.01. The van der Waals surface area contributed by atoms with Crippen LogP contribution in [0.25, 0.3) is 0 Å². The molecule has 0 spiro atoms. The fourth-order valence-electron chi connectivity index (χ4n) is 2.50. The van der Waals surface area contributed by atoms with Gasteiger partial charge in [0.1, 0.15) is 17.7 Å². The van der Waals surface area contributed by atoms with Gasteiger partial charge in [0.15, 0.2) is 0 Å². The van der Waals surface area contributed by atoms with E-state index in [0.29, 0.717) is 0 Å². The van der Waals surface area contributed by atoms with Gasteiger partial charge in [-0.2, -0.15) is 0 Å². The van der Waals surface area contributed by atoms with Gasteiger partial charge in [0, 0.05) is 6.42 Å². The maximum absolute atomic E-state index is 13.6. The van der Waals surface area contributed by atoms with E-state index in [-0.39, 0.29) is 16.0 Å². The summed E-state index contributed by atoms with van der Waals surface area (Å²) in [5.41, 5.74) is 2.97. The average Bonchev–Trinajstić information content (AvgIpc) is 2.80. The summed E-state index contributed by atoms with van der Waals surface area (Å²) in [5.74, 6) is 0.540. The van der Waals surface area contributed by atoms with Gasteiger partial charge in [-0.05, 0) is 35.7 Å². The zero-order chi connectivity index (χ0) is 14.3. The van der Waals surface area contributed by atoms with Crippen molar-refractivity contribution in [1.82, 2.24) is 0 Å². The zero-order valence-electron chi connectivity index (χ0n) is 10.9. The van der Waals surface area contributed by atoms with Crippen LogP contribution in [0.15, 0.2) is 36.4 Å². The van der Waals surface area contributed by atoms with Crippen molar-refractivity contribution in [2.45, 2.75) is 24.3 Å². The second-order valence-corrected chi connectivity index (χ2v) is 6.30. The van der Waals surface area contributed by atoms with Crippen LogP contribution in [-0.4, -0.2) is 6.10 Å². The molecule has 1 aliphatic rings. The van der Waals surface area contributed by atoms with Crippen LogP contribution in [-0.2, 0) is 6.42 Å². The van der Waals surface area contributed by atoms with Gasteiger partial charge in [-0.3, -0.25) is 0 Å². The topological polar surface area (TPSA) is 9.23 Å². The van der Waals surface area contributed by atoms with Crippen molar-refractivity contribution in [2.75, 3.05) is 0 Å². The summed E-state index contributed by atoms with van der Waals surface area (Å²) < 4.78 is 19.2. The van der Waals surface area contributed by atoms with Gasteiger partial charge in [0.2, 0.25) is 0 Å². The highest BCUT2D eigenvalue weighted by atomic mass is 79.9. The molecule has 0 saturated heterocycles. The van der Waals surface area contributed by atoms with E-state index in [9.17, 15) is 4.39 Å². The molecular weight excluding hydrogens is 343 g/mol. The highest BCUT2D eigenvalue weighted by molar-refractivity contribution is 9.09. The molecule has 1 heterocycles. The predicted molar refractivity (Wildman–Crippen MR) is 82.4 cm³/mol. The Morgan fingerprint density at radius 2 is 2.15 bits per heavy atom. The third-order valence-corrected chi connectivity index (χ3v) is 4.89. The quantitative estimate of drug-likeness (QED) is 0.665. The van der Waals surface area contributed by atoms with Gasteiger partial charge in [0.25, 0.3) is 0 Å². The minimum Gasteiger partial charge on any atom is -0.490 e. The SMILES string of the molecule is CC1Cc2cc(C(Br)c3cccc(F)c3Cl)ccc2O1. The number of benzene rings is 2. The lowest BCUT2D eigenvalue weighted by atomic mass is 10.0. The molecule has 0 saturated carbocycles. The van der Waals surface area contributed by atoms with Gasteiger partial charge in [-0.15, -0.1) is 0 Å². The summed E-state index contributed by atoms with van der Waals surface area (Å²) >= 11 is 9.66. The Balaban J connectivity index is 1.97. The Bertz CT molecular complexity index is 659. The molecular formula is C16H13BrClFO. The first-order valence-electron chi connectivity index (χ1n) is 6.43. The van der Waals surface area contributed by atoms with Gasteiger partial charge in [-0.1, -0.05) is 51.8 Å². The first-order valence-corrected chi connectivity index (χ1v) is 7.73. The Hall–Kier alpha value is -1.06. The van der Waals surface area contributed by atoms with Gasteiger partial charge >= 0.3 is 0 Å². The summed E-state index contributed by atoms with van der Waals surface area (Å²) in [5, 5.41) is 0.166. The van der Waals surface area contributed by atoms with Crippen molar-refractivity contribution < 1.29 is 9.13 Å². The molecule has 20 heavy (non-hydrogen) atoms. The molecule has 0 N–H and O–H groups in total. The number of fused-ring (bicyclic) bond motifs is 1. The third-order valence-electron chi connectivity index (χ3n) is 3.47. The van der Waals surface area contributed by atoms with E-state index < -0.39 is 5.82 Å². The van der Waals surface area contributed by atoms with E-state index in [0.717, 1.165) is 23.3 Å². The van der Waals surface area contributed by atoms with E-state index in [1.165, 1.54) is 11.6 Å². The average molecular weight is 356 g/mol. The second kappa shape index (κ2) is 5.38. The predicted octanol–water partition coefficient (Wildman–Crippen LogP) is 5.29.